The lowest BCUT2D eigenvalue weighted by molar-refractivity contribution is 0.168. The molecule has 1 aliphatic heterocycles. The Balaban J connectivity index is 1.46. The predicted octanol–water partition coefficient (Wildman–Crippen LogP) is 1.37. The second-order valence-corrected chi connectivity index (χ2v) is 7.17. The Morgan fingerprint density at radius 2 is 1.90 bits per heavy atom. The van der Waals surface area contributed by atoms with E-state index in [0.29, 0.717) is 30.9 Å². The molecule has 1 aliphatic rings. The highest BCUT2D eigenvalue weighted by Gasteiger charge is 2.25. The van der Waals surface area contributed by atoms with E-state index in [0.717, 1.165) is 35.6 Å². The molecule has 29 heavy (non-hydrogen) atoms. The number of hydrogen-bond acceptors (Lipinski definition) is 5. The fourth-order valence-electron chi connectivity index (χ4n) is 3.69. The molecule has 8 heteroatoms. The Kier molecular flexibility index (Phi) is 5.35. The van der Waals surface area contributed by atoms with Gasteiger partial charge in [0.1, 0.15) is 0 Å². The highest BCUT2D eigenvalue weighted by molar-refractivity contribution is 5.74. The van der Waals surface area contributed by atoms with Crippen LogP contribution in [-0.2, 0) is 25.4 Å². The van der Waals surface area contributed by atoms with E-state index in [1.807, 2.05) is 47.1 Å². The molecule has 8 nitrogen and oxygen atoms in total. The zero-order valence-electron chi connectivity index (χ0n) is 16.7. The molecule has 0 aliphatic carbocycles. The molecular weight excluding hydrogens is 370 g/mol. The molecule has 0 amide bonds. The number of imidazole rings is 1. The van der Waals surface area contributed by atoms with E-state index in [4.69, 9.17) is 4.74 Å². The van der Waals surface area contributed by atoms with Crippen molar-refractivity contribution in [3.8, 4) is 0 Å². The van der Waals surface area contributed by atoms with Gasteiger partial charge in [-0.1, -0.05) is 42.5 Å². The van der Waals surface area contributed by atoms with Crippen LogP contribution in [-0.4, -0.2) is 45.0 Å². The number of benzene rings is 1. The van der Waals surface area contributed by atoms with Crippen molar-refractivity contribution >= 4 is 23.2 Å². The summed E-state index contributed by atoms with van der Waals surface area (Å²) in [5.41, 5.74) is 1.41. The fourth-order valence-corrected chi connectivity index (χ4v) is 3.69. The van der Waals surface area contributed by atoms with Gasteiger partial charge < -0.3 is 14.2 Å². The van der Waals surface area contributed by atoms with Crippen molar-refractivity contribution in [1.82, 2.24) is 18.7 Å². The van der Waals surface area contributed by atoms with Crippen molar-refractivity contribution in [3.63, 3.8) is 0 Å². The van der Waals surface area contributed by atoms with Crippen LogP contribution in [0.5, 0.6) is 0 Å². The number of hydrogen-bond donors (Lipinski definition) is 0. The summed E-state index contributed by atoms with van der Waals surface area (Å²) in [4.78, 5) is 31.6. The van der Waals surface area contributed by atoms with Gasteiger partial charge in [-0.15, -0.1) is 0 Å². The van der Waals surface area contributed by atoms with Gasteiger partial charge in [-0.05, 0) is 12.0 Å². The van der Waals surface area contributed by atoms with E-state index in [1.54, 1.807) is 7.05 Å². The Labute approximate surface area is 168 Å². The molecule has 1 aromatic carbocycles. The highest BCUT2D eigenvalue weighted by atomic mass is 16.5. The van der Waals surface area contributed by atoms with Gasteiger partial charge in [0.05, 0.1) is 13.2 Å². The Bertz CT molecular complexity index is 1160. The molecule has 0 atom stereocenters. The zero-order chi connectivity index (χ0) is 20.4. The molecule has 4 rings (SSSR count). The van der Waals surface area contributed by atoms with Crippen LogP contribution in [0.3, 0.4) is 0 Å². The second-order valence-electron chi connectivity index (χ2n) is 7.17. The number of fused-ring (bicyclic) bond motifs is 3. The van der Waals surface area contributed by atoms with Crippen molar-refractivity contribution in [2.24, 2.45) is 14.1 Å². The summed E-state index contributed by atoms with van der Waals surface area (Å²) in [7, 11) is 3.15. The molecular formula is C21H25N5O3. The Morgan fingerprint density at radius 3 is 2.69 bits per heavy atom. The van der Waals surface area contributed by atoms with E-state index < -0.39 is 0 Å². The molecule has 3 aromatic rings. The third-order valence-corrected chi connectivity index (χ3v) is 5.25. The van der Waals surface area contributed by atoms with Gasteiger partial charge in [0.25, 0.3) is 5.56 Å². The summed E-state index contributed by atoms with van der Waals surface area (Å²) in [6, 6.07) is 10.1. The zero-order valence-corrected chi connectivity index (χ0v) is 16.7. The third-order valence-electron chi connectivity index (χ3n) is 5.25. The number of aromatic nitrogens is 4. The molecule has 0 unspecified atom stereocenters. The molecule has 0 bridgehead atoms. The second kappa shape index (κ2) is 8.08. The van der Waals surface area contributed by atoms with Crippen molar-refractivity contribution in [1.29, 1.82) is 0 Å². The molecule has 0 spiro atoms. The summed E-state index contributed by atoms with van der Waals surface area (Å²) >= 11 is 0. The van der Waals surface area contributed by atoms with Crippen LogP contribution in [0.15, 0.2) is 46.0 Å². The average Bonchev–Trinajstić information content (AvgIpc) is 3.14. The average molecular weight is 395 g/mol. The predicted molar refractivity (Wildman–Crippen MR) is 113 cm³/mol. The number of aryl methyl sites for hydroxylation is 2. The summed E-state index contributed by atoms with van der Waals surface area (Å²) in [5.74, 6) is 0.730. The van der Waals surface area contributed by atoms with Crippen LogP contribution in [0.4, 0.5) is 5.95 Å². The Hall–Kier alpha value is -3.13. The quantitative estimate of drug-likeness (QED) is 0.590. The minimum absolute atomic E-state index is 0.300. The van der Waals surface area contributed by atoms with Crippen LogP contribution < -0.4 is 16.1 Å². The smallest absolute Gasteiger partial charge is 0.332 e. The maximum absolute atomic E-state index is 12.6. The number of rotatable bonds is 6. The Morgan fingerprint density at radius 1 is 1.10 bits per heavy atom. The molecule has 0 fully saturated rings. The van der Waals surface area contributed by atoms with Gasteiger partial charge >= 0.3 is 5.69 Å². The van der Waals surface area contributed by atoms with E-state index in [2.05, 4.69) is 9.88 Å². The lowest BCUT2D eigenvalue weighted by atomic mass is 10.2. The SMILES string of the molecule is Cn1c(=O)c2c(nc3n2CCCN3CCOCC=Cc2ccccc2)n(C)c1=O. The van der Waals surface area contributed by atoms with Gasteiger partial charge in [-0.2, -0.15) is 4.98 Å². The normalized spacial score (nSPS) is 14.1. The standard InChI is InChI=1S/C21H25N5O3/c1-23-18-17(19(27)24(2)21(23)28)26-12-7-11-25(20(26)22-18)13-15-29-14-6-10-16-8-4-3-5-9-16/h3-6,8-10H,7,11-15H2,1-2H3. The highest BCUT2D eigenvalue weighted by Crippen LogP contribution is 2.23. The minimum atomic E-state index is -0.363. The number of ether oxygens (including phenoxy) is 1. The van der Waals surface area contributed by atoms with Gasteiger partial charge in [-0.25, -0.2) is 4.79 Å². The van der Waals surface area contributed by atoms with E-state index >= 15 is 0 Å². The van der Waals surface area contributed by atoms with Crippen LogP contribution in [0.1, 0.15) is 12.0 Å². The summed E-state index contributed by atoms with van der Waals surface area (Å²) in [6.07, 6.45) is 4.95. The first-order chi connectivity index (χ1) is 14.1. The molecule has 3 heterocycles. The topological polar surface area (TPSA) is 74.3 Å². The molecule has 0 N–H and O–H groups in total. The summed E-state index contributed by atoms with van der Waals surface area (Å²) in [5, 5.41) is 0. The monoisotopic (exact) mass is 395 g/mol. The minimum Gasteiger partial charge on any atom is -0.376 e. The summed E-state index contributed by atoms with van der Waals surface area (Å²) in [6.45, 7) is 3.33. The molecule has 0 saturated carbocycles. The van der Waals surface area contributed by atoms with Gasteiger partial charge in [-0.3, -0.25) is 13.9 Å². The van der Waals surface area contributed by atoms with E-state index in [9.17, 15) is 9.59 Å². The first kappa shape index (κ1) is 19.2. The first-order valence-electron chi connectivity index (χ1n) is 9.78. The lowest BCUT2D eigenvalue weighted by Gasteiger charge is -2.28. The van der Waals surface area contributed by atoms with Crippen LogP contribution in [0.2, 0.25) is 0 Å². The third kappa shape index (κ3) is 3.63. The van der Waals surface area contributed by atoms with Crippen molar-refractivity contribution in [2.75, 3.05) is 31.2 Å². The fraction of sp³-hybridized carbons (Fsp3) is 0.381. The van der Waals surface area contributed by atoms with Gasteiger partial charge in [0.15, 0.2) is 11.2 Å². The maximum atomic E-state index is 12.6. The van der Waals surface area contributed by atoms with Crippen LogP contribution >= 0.6 is 0 Å². The van der Waals surface area contributed by atoms with Crippen LogP contribution in [0.25, 0.3) is 17.2 Å². The lowest BCUT2D eigenvalue weighted by Crippen LogP contribution is -2.38. The first-order valence-corrected chi connectivity index (χ1v) is 9.78. The molecule has 0 radical (unpaired) electrons. The van der Waals surface area contributed by atoms with E-state index in [-0.39, 0.29) is 11.2 Å². The molecule has 152 valence electrons. The van der Waals surface area contributed by atoms with Crippen LogP contribution in [0, 0.1) is 0 Å². The van der Waals surface area contributed by atoms with Crippen molar-refractivity contribution in [3.05, 3.63) is 62.8 Å². The van der Waals surface area contributed by atoms with Gasteiger partial charge in [0, 0.05) is 33.7 Å². The van der Waals surface area contributed by atoms with Gasteiger partial charge in [0.2, 0.25) is 5.95 Å². The number of anilines is 1. The molecule has 2 aromatic heterocycles. The van der Waals surface area contributed by atoms with E-state index in [1.165, 1.54) is 11.6 Å². The van der Waals surface area contributed by atoms with Crippen molar-refractivity contribution in [2.45, 2.75) is 13.0 Å². The van der Waals surface area contributed by atoms with Crippen molar-refractivity contribution < 1.29 is 4.74 Å². The largest absolute Gasteiger partial charge is 0.376 e. The molecule has 0 saturated heterocycles. The summed E-state index contributed by atoms with van der Waals surface area (Å²) < 4.78 is 10.2. The maximum Gasteiger partial charge on any atom is 0.332 e. The number of nitrogens with zero attached hydrogens (tertiary/aromatic N) is 5.